The van der Waals surface area contributed by atoms with Crippen LogP contribution in [-0.2, 0) is 4.79 Å². The summed E-state index contributed by atoms with van der Waals surface area (Å²) in [5, 5.41) is 8.71. The van der Waals surface area contributed by atoms with Gasteiger partial charge in [-0.05, 0) is 5.41 Å². The Balaban J connectivity index is 2.84. The summed E-state index contributed by atoms with van der Waals surface area (Å²) in [7, 11) is 0. The van der Waals surface area contributed by atoms with Crippen molar-refractivity contribution in [2.45, 2.75) is 13.8 Å². The third-order valence-corrected chi connectivity index (χ3v) is 2.24. The predicted octanol–water partition coefficient (Wildman–Crippen LogP) is 1.32. The van der Waals surface area contributed by atoms with E-state index in [0.29, 0.717) is 0 Å². The van der Waals surface area contributed by atoms with Gasteiger partial charge in [0.15, 0.2) is 5.78 Å². The van der Waals surface area contributed by atoms with E-state index < -0.39 is 0 Å². The number of Topliss-reactive ketones (excluding diaryl/α,β-unsaturated/α-hetero) is 1. The molecule has 0 spiro atoms. The van der Waals surface area contributed by atoms with Crippen molar-refractivity contribution in [3.63, 3.8) is 0 Å². The van der Waals surface area contributed by atoms with E-state index >= 15 is 0 Å². The molecule has 2 nitrogen and oxygen atoms in total. The minimum absolute atomic E-state index is 0.111. The molecule has 0 aromatic rings. The molecular formula is C10H14O2. The number of hydrogen-bond acceptors (Lipinski definition) is 2. The van der Waals surface area contributed by atoms with Crippen molar-refractivity contribution in [2.75, 3.05) is 6.61 Å². The summed E-state index contributed by atoms with van der Waals surface area (Å²) in [6.45, 7) is 3.61. The van der Waals surface area contributed by atoms with Crippen molar-refractivity contribution in [1.82, 2.24) is 0 Å². The van der Waals surface area contributed by atoms with Crippen LogP contribution in [0, 0.1) is 11.3 Å². The van der Waals surface area contributed by atoms with Gasteiger partial charge in [0.2, 0.25) is 0 Å². The number of rotatable bonds is 2. The highest BCUT2D eigenvalue weighted by molar-refractivity contribution is 5.85. The van der Waals surface area contributed by atoms with Gasteiger partial charge in [-0.2, -0.15) is 0 Å². The number of aliphatic hydroxyl groups excluding tert-OH is 1. The van der Waals surface area contributed by atoms with E-state index in [1.165, 1.54) is 0 Å². The molecule has 0 radical (unpaired) electrons. The van der Waals surface area contributed by atoms with Crippen molar-refractivity contribution in [3.8, 4) is 0 Å². The molecule has 0 amide bonds. The second-order valence-electron chi connectivity index (χ2n) is 3.67. The monoisotopic (exact) mass is 166 g/mol. The second kappa shape index (κ2) is 3.23. The normalized spacial score (nSPS) is 25.8. The van der Waals surface area contributed by atoms with Crippen LogP contribution in [-0.4, -0.2) is 17.5 Å². The highest BCUT2D eigenvalue weighted by atomic mass is 16.3. The zero-order valence-corrected chi connectivity index (χ0v) is 7.45. The molecule has 0 heterocycles. The van der Waals surface area contributed by atoms with Gasteiger partial charge in [0.05, 0.1) is 0 Å². The maximum atomic E-state index is 11.2. The molecule has 1 aliphatic carbocycles. The molecule has 1 unspecified atom stereocenters. The summed E-state index contributed by atoms with van der Waals surface area (Å²) in [6, 6.07) is 0. The lowest BCUT2D eigenvalue weighted by Crippen LogP contribution is -2.30. The zero-order chi connectivity index (χ0) is 9.19. The van der Waals surface area contributed by atoms with Gasteiger partial charge < -0.3 is 5.11 Å². The standard InChI is InChI=1S/C10H14O2/c1-10(2)6-4-3-5-8(10)9(12)7-11/h3-6,8,11H,7H2,1-2H3. The van der Waals surface area contributed by atoms with Gasteiger partial charge in [-0.15, -0.1) is 0 Å². The highest BCUT2D eigenvalue weighted by Gasteiger charge is 2.31. The average Bonchev–Trinajstić information content (AvgIpc) is 2.02. The fraction of sp³-hybridized carbons (Fsp3) is 0.500. The fourth-order valence-electron chi connectivity index (χ4n) is 1.45. The van der Waals surface area contributed by atoms with Gasteiger partial charge in [-0.1, -0.05) is 38.2 Å². The largest absolute Gasteiger partial charge is 0.389 e. The maximum absolute atomic E-state index is 11.2. The Morgan fingerprint density at radius 2 is 2.17 bits per heavy atom. The van der Waals surface area contributed by atoms with Gasteiger partial charge in [0, 0.05) is 5.92 Å². The lowest BCUT2D eigenvalue weighted by molar-refractivity contribution is -0.126. The Kier molecular flexibility index (Phi) is 2.48. The van der Waals surface area contributed by atoms with Crippen molar-refractivity contribution in [3.05, 3.63) is 24.3 Å². The molecule has 2 heteroatoms. The van der Waals surface area contributed by atoms with Crippen molar-refractivity contribution in [1.29, 1.82) is 0 Å². The molecule has 1 aliphatic rings. The Morgan fingerprint density at radius 1 is 1.50 bits per heavy atom. The van der Waals surface area contributed by atoms with Crippen molar-refractivity contribution < 1.29 is 9.90 Å². The summed E-state index contributed by atoms with van der Waals surface area (Å²) in [6.07, 6.45) is 7.62. The number of carbonyl (C=O) groups is 1. The number of allylic oxidation sites excluding steroid dienone is 4. The van der Waals surface area contributed by atoms with Crippen LogP contribution in [0.15, 0.2) is 24.3 Å². The Hall–Kier alpha value is -0.890. The minimum Gasteiger partial charge on any atom is -0.389 e. The SMILES string of the molecule is CC1(C)C=CC=CC1C(=O)CO. The van der Waals surface area contributed by atoms with Crippen LogP contribution in [0.4, 0.5) is 0 Å². The zero-order valence-electron chi connectivity index (χ0n) is 7.45. The predicted molar refractivity (Wildman–Crippen MR) is 47.6 cm³/mol. The molecule has 0 aliphatic heterocycles. The van der Waals surface area contributed by atoms with Crippen molar-refractivity contribution >= 4 is 5.78 Å². The van der Waals surface area contributed by atoms with Crippen LogP contribution in [0.3, 0.4) is 0 Å². The number of carbonyl (C=O) groups excluding carboxylic acids is 1. The van der Waals surface area contributed by atoms with Crippen molar-refractivity contribution in [2.24, 2.45) is 11.3 Å². The Bertz CT molecular complexity index is 236. The summed E-state index contributed by atoms with van der Waals surface area (Å²) in [5.41, 5.74) is -0.158. The van der Waals surface area contributed by atoms with E-state index in [-0.39, 0.29) is 23.7 Å². The number of hydrogen-bond donors (Lipinski definition) is 1. The van der Waals surface area contributed by atoms with Crippen LogP contribution in [0.25, 0.3) is 0 Å². The average molecular weight is 166 g/mol. The van der Waals surface area contributed by atoms with Gasteiger partial charge >= 0.3 is 0 Å². The molecular weight excluding hydrogens is 152 g/mol. The molecule has 12 heavy (non-hydrogen) atoms. The molecule has 66 valence electrons. The molecule has 0 saturated heterocycles. The van der Waals surface area contributed by atoms with Gasteiger partial charge in [-0.3, -0.25) is 4.79 Å². The smallest absolute Gasteiger partial charge is 0.165 e. The van der Waals surface area contributed by atoms with E-state index in [2.05, 4.69) is 0 Å². The molecule has 0 saturated carbocycles. The Morgan fingerprint density at radius 3 is 2.67 bits per heavy atom. The van der Waals surface area contributed by atoms with E-state index in [1.807, 2.05) is 38.2 Å². The van der Waals surface area contributed by atoms with E-state index in [1.54, 1.807) is 0 Å². The van der Waals surface area contributed by atoms with E-state index in [4.69, 9.17) is 5.11 Å². The lowest BCUT2D eigenvalue weighted by atomic mass is 9.74. The molecule has 1 N–H and O–H groups in total. The first-order chi connectivity index (χ1) is 5.58. The van der Waals surface area contributed by atoms with Crippen LogP contribution >= 0.6 is 0 Å². The quantitative estimate of drug-likeness (QED) is 0.671. The first kappa shape index (κ1) is 9.20. The third-order valence-electron chi connectivity index (χ3n) is 2.24. The third kappa shape index (κ3) is 1.64. The molecule has 1 rings (SSSR count). The van der Waals surface area contributed by atoms with Gasteiger partial charge in [0.1, 0.15) is 6.61 Å². The van der Waals surface area contributed by atoms with Gasteiger partial charge in [0.25, 0.3) is 0 Å². The maximum Gasteiger partial charge on any atom is 0.165 e. The minimum atomic E-state index is -0.369. The summed E-state index contributed by atoms with van der Waals surface area (Å²) in [5.74, 6) is -0.284. The first-order valence-corrected chi connectivity index (χ1v) is 4.07. The van der Waals surface area contributed by atoms with Crippen LogP contribution < -0.4 is 0 Å². The summed E-state index contributed by atoms with van der Waals surface area (Å²) >= 11 is 0. The molecule has 1 atom stereocenters. The first-order valence-electron chi connectivity index (χ1n) is 4.07. The van der Waals surface area contributed by atoms with Crippen LogP contribution in [0.1, 0.15) is 13.8 Å². The van der Waals surface area contributed by atoms with E-state index in [9.17, 15) is 4.79 Å². The van der Waals surface area contributed by atoms with Crippen LogP contribution in [0.5, 0.6) is 0 Å². The topological polar surface area (TPSA) is 37.3 Å². The fourth-order valence-corrected chi connectivity index (χ4v) is 1.45. The number of aliphatic hydroxyl groups is 1. The van der Waals surface area contributed by atoms with Gasteiger partial charge in [-0.25, -0.2) is 0 Å². The lowest BCUT2D eigenvalue weighted by Gasteiger charge is -2.29. The molecule has 0 bridgehead atoms. The Labute approximate surface area is 72.6 Å². The molecule has 0 aromatic carbocycles. The summed E-state index contributed by atoms with van der Waals surface area (Å²) in [4.78, 5) is 11.2. The molecule has 0 aromatic heterocycles. The molecule has 0 fully saturated rings. The van der Waals surface area contributed by atoms with Crippen LogP contribution in [0.2, 0.25) is 0 Å². The number of ketones is 1. The summed E-state index contributed by atoms with van der Waals surface area (Å²) < 4.78 is 0. The highest BCUT2D eigenvalue weighted by Crippen LogP contribution is 2.32. The second-order valence-corrected chi connectivity index (χ2v) is 3.67. The van der Waals surface area contributed by atoms with E-state index in [0.717, 1.165) is 0 Å².